The molecule has 1 rings (SSSR count). The average molecular weight is 179 g/mol. The van der Waals surface area contributed by atoms with E-state index in [0.29, 0.717) is 0 Å². The summed E-state index contributed by atoms with van der Waals surface area (Å²) in [6.07, 6.45) is 1.30. The first-order chi connectivity index (χ1) is 5.31. The van der Waals surface area contributed by atoms with Gasteiger partial charge in [0.2, 0.25) is 5.75 Å². The number of halogens is 1. The Morgan fingerprint density at radius 1 is 1.45 bits per heavy atom. The Bertz CT molecular complexity index is 92.4. The smallest absolute Gasteiger partial charge is 0.208 e. The second kappa shape index (κ2) is 7.98. The molecule has 1 N–H and O–H groups in total. The van der Waals surface area contributed by atoms with Gasteiger partial charge in [0.1, 0.15) is 0 Å². The van der Waals surface area contributed by atoms with Crippen molar-refractivity contribution in [3.05, 3.63) is 0 Å². The number of carbonyl (C=O) groups excluding carboxylic acids is 1. The van der Waals surface area contributed by atoms with Crippen LogP contribution in [-0.2, 0) is 4.79 Å². The molecular weight excluding hydrogens is 164 g/mol. The van der Waals surface area contributed by atoms with Crippen molar-refractivity contribution in [2.75, 3.05) is 33.2 Å². The summed E-state index contributed by atoms with van der Waals surface area (Å²) in [4.78, 5) is 10.9. The van der Waals surface area contributed by atoms with Gasteiger partial charge in [0.05, 0.1) is 0 Å². The van der Waals surface area contributed by atoms with Gasteiger partial charge in [-0.25, -0.2) is 0 Å². The molecule has 0 aliphatic carbocycles. The summed E-state index contributed by atoms with van der Waals surface area (Å²) < 4.78 is 0. The quantitative estimate of drug-likeness (QED) is 0.429. The molecule has 0 aromatic rings. The number of nitrogens with zero attached hydrogens (tertiary/aromatic N) is 1. The zero-order chi connectivity index (χ0) is 8.53. The summed E-state index contributed by atoms with van der Waals surface area (Å²) >= 11 is 4.32. The number of hydrogen-bond acceptors (Lipinski definition) is 3. The predicted molar refractivity (Wildman–Crippen MR) is 47.6 cm³/mol. The zero-order valence-electron chi connectivity index (χ0n) is 6.85. The van der Waals surface area contributed by atoms with E-state index < -0.39 is 0 Å². The molecule has 1 fully saturated rings. The molecule has 1 aliphatic heterocycles. The highest BCUT2D eigenvalue weighted by Crippen LogP contribution is 1.88. The van der Waals surface area contributed by atoms with Crippen molar-refractivity contribution in [1.82, 2.24) is 10.2 Å². The van der Waals surface area contributed by atoms with E-state index in [1.54, 1.807) is 0 Å². The van der Waals surface area contributed by atoms with E-state index in [4.69, 9.17) is 4.79 Å². The van der Waals surface area contributed by atoms with Gasteiger partial charge in [-0.1, -0.05) is 0 Å². The first-order valence-electron chi connectivity index (χ1n) is 3.74. The summed E-state index contributed by atoms with van der Waals surface area (Å²) in [5, 5.41) is 3.34. The van der Waals surface area contributed by atoms with Crippen molar-refractivity contribution in [2.24, 2.45) is 0 Å². The Kier molecular flexibility index (Phi) is 7.89. The molecule has 0 amide bonds. The number of rotatable bonds is 0. The molecule has 0 atom stereocenters. The third-order valence-corrected chi connectivity index (χ3v) is 1.56. The summed E-state index contributed by atoms with van der Waals surface area (Å²) in [7, 11) is 2.17. The summed E-state index contributed by atoms with van der Waals surface area (Å²) in [6, 6.07) is 0. The lowest BCUT2D eigenvalue weighted by atomic mass is 10.4. The van der Waals surface area contributed by atoms with Crippen molar-refractivity contribution in [3.8, 4) is 0 Å². The lowest BCUT2D eigenvalue weighted by Gasteiger charge is -2.09. The number of carbonyl (C=O) groups is 1. The summed E-state index contributed by atoms with van der Waals surface area (Å²) in [6.45, 7) is 4.83. The van der Waals surface area contributed by atoms with Crippen LogP contribution in [0.15, 0.2) is 0 Å². The van der Waals surface area contributed by atoms with Gasteiger partial charge < -0.3 is 10.2 Å². The van der Waals surface area contributed by atoms with E-state index in [-0.39, 0.29) is 5.75 Å². The highest BCUT2D eigenvalue weighted by Gasteiger charge is 2.00. The number of nitrogens with one attached hydrogen (secondary N) is 1. The average Bonchev–Trinajstić information content (AvgIpc) is 2.18. The molecular formula is C7H15ClN2O. The topological polar surface area (TPSA) is 32.3 Å². The van der Waals surface area contributed by atoms with Gasteiger partial charge in [0, 0.05) is 13.1 Å². The fourth-order valence-corrected chi connectivity index (χ4v) is 0.981. The van der Waals surface area contributed by atoms with Crippen LogP contribution in [0.5, 0.6) is 0 Å². The molecule has 0 aromatic heterocycles. The molecule has 3 nitrogen and oxygen atoms in total. The number of hydrogen-bond donors (Lipinski definition) is 1. The maximum atomic E-state index is 8.57. The number of likely N-dealkylation sites (N-methyl/N-ethyl adjacent to an activating group) is 1. The van der Waals surface area contributed by atoms with Crippen LogP contribution in [0.3, 0.4) is 0 Å². The molecule has 11 heavy (non-hydrogen) atoms. The van der Waals surface area contributed by atoms with E-state index in [0.717, 1.165) is 6.54 Å². The molecule has 0 aromatic carbocycles. The Morgan fingerprint density at radius 3 is 2.73 bits per heavy atom. The monoisotopic (exact) mass is 178 g/mol. The third-order valence-electron chi connectivity index (χ3n) is 1.56. The zero-order valence-corrected chi connectivity index (χ0v) is 7.60. The SMILES string of the molecule is CN1CCCNCC1.O=CCl. The Hall–Kier alpha value is -0.120. The van der Waals surface area contributed by atoms with Gasteiger partial charge in [-0.3, -0.25) is 4.79 Å². The predicted octanol–water partition coefficient (Wildman–Crippen LogP) is 0.327. The fraction of sp³-hybridized carbons (Fsp3) is 0.857. The van der Waals surface area contributed by atoms with Crippen LogP contribution in [-0.4, -0.2) is 43.9 Å². The standard InChI is InChI=1S/C6H14N2.CHClO/c1-8-5-2-3-7-4-6-8;2-1-3/h7H,2-6H2,1H3;1H. The largest absolute Gasteiger partial charge is 0.315 e. The molecule has 1 saturated heterocycles. The van der Waals surface area contributed by atoms with Gasteiger partial charge >= 0.3 is 0 Å². The van der Waals surface area contributed by atoms with E-state index in [9.17, 15) is 0 Å². The molecule has 0 bridgehead atoms. The molecule has 1 heterocycles. The van der Waals surface area contributed by atoms with Crippen LogP contribution in [0.4, 0.5) is 0 Å². The molecule has 0 saturated carbocycles. The maximum absolute atomic E-state index is 8.57. The minimum Gasteiger partial charge on any atom is -0.315 e. The summed E-state index contributed by atoms with van der Waals surface area (Å²) in [5.74, 6) is 0.222. The van der Waals surface area contributed by atoms with Crippen molar-refractivity contribution in [1.29, 1.82) is 0 Å². The van der Waals surface area contributed by atoms with E-state index in [2.05, 4.69) is 28.9 Å². The highest BCUT2D eigenvalue weighted by molar-refractivity contribution is 6.54. The van der Waals surface area contributed by atoms with Crippen molar-refractivity contribution < 1.29 is 4.79 Å². The lowest BCUT2D eigenvalue weighted by molar-refractivity contribution is 0.358. The van der Waals surface area contributed by atoms with Crippen LogP contribution < -0.4 is 5.32 Å². The van der Waals surface area contributed by atoms with Crippen molar-refractivity contribution in [3.63, 3.8) is 0 Å². The molecule has 0 radical (unpaired) electrons. The molecule has 0 unspecified atom stereocenters. The van der Waals surface area contributed by atoms with Crippen LogP contribution >= 0.6 is 11.6 Å². The third kappa shape index (κ3) is 7.78. The fourth-order valence-electron chi connectivity index (χ4n) is 0.981. The maximum Gasteiger partial charge on any atom is 0.208 e. The van der Waals surface area contributed by atoms with E-state index >= 15 is 0 Å². The van der Waals surface area contributed by atoms with Crippen molar-refractivity contribution >= 4 is 17.3 Å². The molecule has 1 aliphatic rings. The van der Waals surface area contributed by atoms with Gasteiger partial charge in [-0.05, 0) is 38.2 Å². The van der Waals surface area contributed by atoms with Crippen molar-refractivity contribution in [2.45, 2.75) is 6.42 Å². The molecule has 4 heteroatoms. The first-order valence-corrected chi connectivity index (χ1v) is 4.18. The normalized spacial score (nSPS) is 19.5. The minimum absolute atomic E-state index is 0.222. The van der Waals surface area contributed by atoms with Gasteiger partial charge in [0.15, 0.2) is 0 Å². The van der Waals surface area contributed by atoms with Crippen LogP contribution in [0.25, 0.3) is 0 Å². The van der Waals surface area contributed by atoms with Gasteiger partial charge in [0.25, 0.3) is 0 Å². The highest BCUT2D eigenvalue weighted by atomic mass is 35.5. The lowest BCUT2D eigenvalue weighted by Crippen LogP contribution is -2.23. The molecule has 66 valence electrons. The van der Waals surface area contributed by atoms with Gasteiger partial charge in [-0.2, -0.15) is 0 Å². The Morgan fingerprint density at radius 2 is 2.09 bits per heavy atom. The second-order valence-electron chi connectivity index (χ2n) is 2.50. The van der Waals surface area contributed by atoms with Crippen LogP contribution in [0, 0.1) is 0 Å². The summed E-state index contributed by atoms with van der Waals surface area (Å²) in [5.41, 5.74) is 0. The molecule has 0 spiro atoms. The van der Waals surface area contributed by atoms with E-state index in [1.807, 2.05) is 0 Å². The van der Waals surface area contributed by atoms with E-state index in [1.165, 1.54) is 26.1 Å². The van der Waals surface area contributed by atoms with Crippen LogP contribution in [0.2, 0.25) is 0 Å². The minimum atomic E-state index is 0.222. The first kappa shape index (κ1) is 10.9. The second-order valence-corrected chi connectivity index (χ2v) is 2.67. The Balaban J connectivity index is 0.000000292. The van der Waals surface area contributed by atoms with Crippen LogP contribution in [0.1, 0.15) is 6.42 Å². The van der Waals surface area contributed by atoms with Gasteiger partial charge in [-0.15, -0.1) is 0 Å². The Labute approximate surface area is 72.7 Å².